The topological polar surface area (TPSA) is 75.2 Å². The van der Waals surface area contributed by atoms with Crippen molar-refractivity contribution in [2.24, 2.45) is 0 Å². The molecule has 3 aromatic heterocycles. The zero-order valence-electron chi connectivity index (χ0n) is 10.8. The lowest BCUT2D eigenvalue weighted by atomic mass is 10.2. The van der Waals surface area contributed by atoms with E-state index in [1.54, 1.807) is 6.33 Å². The number of H-pyrrole nitrogens is 2. The molecule has 19 heavy (non-hydrogen) atoms. The summed E-state index contributed by atoms with van der Waals surface area (Å²) in [5.41, 5.74) is 2.28. The van der Waals surface area contributed by atoms with Crippen LogP contribution in [0, 0.1) is 6.92 Å². The SMILES string of the molecule is Cc1cn(Cc2nc(CCc3cc[nH]c3)n[nH]2)cn1. The lowest BCUT2D eigenvalue weighted by Crippen LogP contribution is -1.99. The van der Waals surface area contributed by atoms with E-state index in [1.165, 1.54) is 5.56 Å². The number of hydrogen-bond donors (Lipinski definition) is 2. The molecule has 0 saturated carbocycles. The van der Waals surface area contributed by atoms with E-state index in [1.807, 2.05) is 30.1 Å². The Bertz CT molecular complexity index is 634. The number of nitrogens with zero attached hydrogens (tertiary/aromatic N) is 4. The Hall–Kier alpha value is -2.37. The molecule has 0 atom stereocenters. The molecule has 0 bridgehead atoms. The summed E-state index contributed by atoms with van der Waals surface area (Å²) in [7, 11) is 0. The summed E-state index contributed by atoms with van der Waals surface area (Å²) in [6.07, 6.45) is 9.52. The number of hydrogen-bond acceptors (Lipinski definition) is 3. The van der Waals surface area contributed by atoms with Crippen LogP contribution in [0.4, 0.5) is 0 Å². The van der Waals surface area contributed by atoms with Crippen LogP contribution in [0.1, 0.15) is 22.9 Å². The van der Waals surface area contributed by atoms with Crippen LogP contribution in [0.3, 0.4) is 0 Å². The minimum atomic E-state index is 0.679. The maximum atomic E-state index is 4.49. The maximum absolute atomic E-state index is 4.49. The van der Waals surface area contributed by atoms with Crippen molar-refractivity contribution in [3.05, 3.63) is 53.9 Å². The van der Waals surface area contributed by atoms with E-state index in [-0.39, 0.29) is 0 Å². The predicted octanol–water partition coefficient (Wildman–Crippen LogP) is 1.47. The lowest BCUT2D eigenvalue weighted by molar-refractivity contribution is 0.746. The molecule has 0 aromatic carbocycles. The van der Waals surface area contributed by atoms with E-state index in [2.05, 4.69) is 31.2 Å². The van der Waals surface area contributed by atoms with Crippen LogP contribution in [-0.4, -0.2) is 29.7 Å². The molecular weight excluding hydrogens is 240 g/mol. The van der Waals surface area contributed by atoms with Gasteiger partial charge in [-0.1, -0.05) is 0 Å². The van der Waals surface area contributed by atoms with Crippen molar-refractivity contribution < 1.29 is 0 Å². The summed E-state index contributed by atoms with van der Waals surface area (Å²) in [4.78, 5) is 11.7. The van der Waals surface area contributed by atoms with Crippen molar-refractivity contribution in [1.29, 1.82) is 0 Å². The Labute approximate surface area is 110 Å². The standard InChI is InChI=1S/C13H16N6/c1-10-7-19(9-15-10)8-13-16-12(17-18-13)3-2-11-4-5-14-6-11/h4-7,9,14H,2-3,8H2,1H3,(H,16,17,18). The first-order chi connectivity index (χ1) is 9.29. The molecule has 0 amide bonds. The number of rotatable bonds is 5. The second-order valence-electron chi connectivity index (χ2n) is 4.60. The minimum Gasteiger partial charge on any atom is -0.367 e. The highest BCUT2D eigenvalue weighted by atomic mass is 15.2. The Morgan fingerprint density at radius 2 is 2.26 bits per heavy atom. The number of aryl methyl sites for hydroxylation is 3. The first-order valence-electron chi connectivity index (χ1n) is 6.30. The molecule has 98 valence electrons. The molecule has 0 aliphatic heterocycles. The van der Waals surface area contributed by atoms with Crippen molar-refractivity contribution in [3.63, 3.8) is 0 Å². The highest BCUT2D eigenvalue weighted by Gasteiger charge is 2.05. The molecule has 3 rings (SSSR count). The van der Waals surface area contributed by atoms with Crippen molar-refractivity contribution in [1.82, 2.24) is 29.7 Å². The normalized spacial score (nSPS) is 11.0. The maximum Gasteiger partial charge on any atom is 0.151 e. The van der Waals surface area contributed by atoms with Crippen LogP contribution in [0.2, 0.25) is 0 Å². The highest BCUT2D eigenvalue weighted by Crippen LogP contribution is 2.04. The molecule has 2 N–H and O–H groups in total. The average molecular weight is 256 g/mol. The van der Waals surface area contributed by atoms with Crippen LogP contribution in [-0.2, 0) is 19.4 Å². The summed E-state index contributed by atoms with van der Waals surface area (Å²) in [6.45, 7) is 2.65. The molecule has 3 aromatic rings. The Morgan fingerprint density at radius 3 is 3.00 bits per heavy atom. The van der Waals surface area contributed by atoms with E-state index in [4.69, 9.17) is 0 Å². The van der Waals surface area contributed by atoms with Crippen molar-refractivity contribution >= 4 is 0 Å². The molecule has 0 spiro atoms. The molecule has 0 saturated heterocycles. The van der Waals surface area contributed by atoms with Crippen LogP contribution in [0.5, 0.6) is 0 Å². The predicted molar refractivity (Wildman–Crippen MR) is 70.6 cm³/mol. The van der Waals surface area contributed by atoms with E-state index < -0.39 is 0 Å². The number of aromatic amines is 2. The van der Waals surface area contributed by atoms with Gasteiger partial charge in [0, 0.05) is 25.0 Å². The fraction of sp³-hybridized carbons (Fsp3) is 0.308. The van der Waals surface area contributed by atoms with Crippen molar-refractivity contribution in [2.75, 3.05) is 0 Å². The van der Waals surface area contributed by atoms with Crippen LogP contribution < -0.4 is 0 Å². The largest absolute Gasteiger partial charge is 0.367 e. The van der Waals surface area contributed by atoms with Gasteiger partial charge in [0.05, 0.1) is 18.6 Å². The van der Waals surface area contributed by atoms with Crippen LogP contribution in [0.25, 0.3) is 0 Å². The van der Waals surface area contributed by atoms with Gasteiger partial charge in [0.1, 0.15) is 5.82 Å². The Balaban J connectivity index is 1.60. The van der Waals surface area contributed by atoms with E-state index >= 15 is 0 Å². The third-order valence-corrected chi connectivity index (χ3v) is 2.97. The van der Waals surface area contributed by atoms with Gasteiger partial charge in [-0.25, -0.2) is 9.97 Å². The minimum absolute atomic E-state index is 0.679. The molecule has 0 aliphatic rings. The average Bonchev–Trinajstić information content (AvgIpc) is 3.10. The molecule has 3 heterocycles. The highest BCUT2D eigenvalue weighted by molar-refractivity contribution is 5.09. The number of imidazole rings is 1. The third-order valence-electron chi connectivity index (χ3n) is 2.97. The first kappa shape index (κ1) is 11.7. The summed E-state index contributed by atoms with van der Waals surface area (Å²) < 4.78 is 1.99. The number of aromatic nitrogens is 6. The van der Waals surface area contributed by atoms with E-state index in [0.29, 0.717) is 6.54 Å². The summed E-state index contributed by atoms with van der Waals surface area (Å²) in [5, 5.41) is 7.21. The van der Waals surface area contributed by atoms with Gasteiger partial charge in [0.25, 0.3) is 0 Å². The zero-order chi connectivity index (χ0) is 13.1. The Morgan fingerprint density at radius 1 is 1.32 bits per heavy atom. The van der Waals surface area contributed by atoms with Gasteiger partial charge in [0.2, 0.25) is 0 Å². The molecule has 0 unspecified atom stereocenters. The molecule has 0 radical (unpaired) electrons. The molecule has 6 nitrogen and oxygen atoms in total. The molecule has 0 fully saturated rings. The van der Waals surface area contributed by atoms with Crippen LogP contribution >= 0.6 is 0 Å². The first-order valence-corrected chi connectivity index (χ1v) is 6.30. The van der Waals surface area contributed by atoms with Crippen molar-refractivity contribution in [3.8, 4) is 0 Å². The fourth-order valence-electron chi connectivity index (χ4n) is 2.02. The van der Waals surface area contributed by atoms with Gasteiger partial charge in [-0.05, 0) is 25.0 Å². The van der Waals surface area contributed by atoms with E-state index in [9.17, 15) is 0 Å². The van der Waals surface area contributed by atoms with Gasteiger partial charge in [0.15, 0.2) is 5.82 Å². The second-order valence-corrected chi connectivity index (χ2v) is 4.60. The molecule has 0 aliphatic carbocycles. The molecular formula is C13H16N6. The lowest BCUT2D eigenvalue weighted by Gasteiger charge is -1.96. The zero-order valence-corrected chi connectivity index (χ0v) is 10.8. The van der Waals surface area contributed by atoms with Gasteiger partial charge >= 0.3 is 0 Å². The monoisotopic (exact) mass is 256 g/mol. The van der Waals surface area contributed by atoms with Gasteiger partial charge in [-0.2, -0.15) is 5.10 Å². The van der Waals surface area contributed by atoms with Gasteiger partial charge in [-0.3, -0.25) is 5.10 Å². The van der Waals surface area contributed by atoms with Crippen molar-refractivity contribution in [2.45, 2.75) is 26.3 Å². The number of nitrogens with one attached hydrogen (secondary N) is 2. The second kappa shape index (κ2) is 5.09. The molecule has 6 heteroatoms. The smallest absolute Gasteiger partial charge is 0.151 e. The van der Waals surface area contributed by atoms with Gasteiger partial charge < -0.3 is 9.55 Å². The fourth-order valence-corrected chi connectivity index (χ4v) is 2.02. The van der Waals surface area contributed by atoms with E-state index in [0.717, 1.165) is 30.2 Å². The third kappa shape index (κ3) is 2.90. The summed E-state index contributed by atoms with van der Waals surface area (Å²) in [5.74, 6) is 1.72. The summed E-state index contributed by atoms with van der Waals surface area (Å²) >= 11 is 0. The Kier molecular flexibility index (Phi) is 3.14. The van der Waals surface area contributed by atoms with Gasteiger partial charge in [-0.15, -0.1) is 0 Å². The van der Waals surface area contributed by atoms with Crippen LogP contribution in [0.15, 0.2) is 31.0 Å². The summed E-state index contributed by atoms with van der Waals surface area (Å²) in [6, 6.07) is 2.07. The quantitative estimate of drug-likeness (QED) is 0.726.